The summed E-state index contributed by atoms with van der Waals surface area (Å²) in [7, 11) is 0. The molecule has 2 atom stereocenters. The van der Waals surface area contributed by atoms with Crippen LogP contribution in [0.2, 0.25) is 0 Å². The highest BCUT2D eigenvalue weighted by Crippen LogP contribution is 2.25. The molecular formula is C12H21N3O. The molecule has 90 valence electrons. The van der Waals surface area contributed by atoms with Crippen molar-refractivity contribution in [2.75, 3.05) is 13.2 Å². The highest BCUT2D eigenvalue weighted by molar-refractivity contribution is 5.06. The maximum Gasteiger partial charge on any atom is 0.0952 e. The Morgan fingerprint density at radius 2 is 2.44 bits per heavy atom. The molecular weight excluding hydrogens is 202 g/mol. The Hall–Kier alpha value is -0.870. The molecule has 0 spiro atoms. The molecule has 1 aliphatic rings. The second-order valence-electron chi connectivity index (χ2n) is 4.98. The lowest BCUT2D eigenvalue weighted by molar-refractivity contribution is 0.186. The van der Waals surface area contributed by atoms with Crippen molar-refractivity contribution >= 4 is 0 Å². The first kappa shape index (κ1) is 11.6. The molecule has 0 aliphatic carbocycles. The van der Waals surface area contributed by atoms with Crippen LogP contribution in [-0.2, 0) is 4.74 Å². The number of nitrogens with two attached hydrogens (primary N) is 1. The molecule has 1 aromatic rings. The van der Waals surface area contributed by atoms with Crippen LogP contribution in [0.5, 0.6) is 0 Å². The van der Waals surface area contributed by atoms with Crippen molar-refractivity contribution < 1.29 is 4.74 Å². The van der Waals surface area contributed by atoms with Gasteiger partial charge in [0.1, 0.15) is 0 Å². The van der Waals surface area contributed by atoms with Gasteiger partial charge in [-0.3, -0.25) is 0 Å². The van der Waals surface area contributed by atoms with Crippen molar-refractivity contribution in [2.24, 2.45) is 11.7 Å². The molecule has 1 fully saturated rings. The van der Waals surface area contributed by atoms with Gasteiger partial charge in [-0.1, -0.05) is 13.8 Å². The van der Waals surface area contributed by atoms with Crippen molar-refractivity contribution in [3.05, 3.63) is 18.2 Å². The summed E-state index contributed by atoms with van der Waals surface area (Å²) in [5, 5.41) is 0. The van der Waals surface area contributed by atoms with Crippen LogP contribution in [0.15, 0.2) is 12.5 Å². The summed E-state index contributed by atoms with van der Waals surface area (Å²) in [6.45, 7) is 6.03. The van der Waals surface area contributed by atoms with Crippen LogP contribution in [0.4, 0.5) is 0 Å². The SMILES string of the molecule is CC(C)CC(N)c1cncn1C1CCOC1. The first-order valence-electron chi connectivity index (χ1n) is 6.03. The summed E-state index contributed by atoms with van der Waals surface area (Å²) in [6.07, 6.45) is 5.84. The number of hydrogen-bond donors (Lipinski definition) is 1. The molecule has 4 heteroatoms. The summed E-state index contributed by atoms with van der Waals surface area (Å²) < 4.78 is 7.60. The highest BCUT2D eigenvalue weighted by atomic mass is 16.5. The van der Waals surface area contributed by atoms with Crippen molar-refractivity contribution in [3.63, 3.8) is 0 Å². The zero-order valence-electron chi connectivity index (χ0n) is 10.1. The summed E-state index contributed by atoms with van der Waals surface area (Å²) in [4.78, 5) is 4.22. The predicted octanol–water partition coefficient (Wildman–Crippen LogP) is 1.89. The fraction of sp³-hybridized carbons (Fsp3) is 0.750. The van der Waals surface area contributed by atoms with Gasteiger partial charge in [0.15, 0.2) is 0 Å². The molecule has 4 nitrogen and oxygen atoms in total. The quantitative estimate of drug-likeness (QED) is 0.848. The third-order valence-electron chi connectivity index (χ3n) is 3.10. The van der Waals surface area contributed by atoms with E-state index in [-0.39, 0.29) is 6.04 Å². The Bertz CT molecular complexity index is 329. The van der Waals surface area contributed by atoms with Crippen molar-refractivity contribution in [1.29, 1.82) is 0 Å². The maximum absolute atomic E-state index is 6.21. The molecule has 2 rings (SSSR count). The average molecular weight is 223 g/mol. The number of imidazole rings is 1. The molecule has 0 radical (unpaired) electrons. The van der Waals surface area contributed by atoms with Gasteiger partial charge in [-0.05, 0) is 18.8 Å². The van der Waals surface area contributed by atoms with Gasteiger partial charge in [-0.2, -0.15) is 0 Å². The van der Waals surface area contributed by atoms with Crippen LogP contribution in [0.1, 0.15) is 44.5 Å². The van der Waals surface area contributed by atoms with E-state index in [4.69, 9.17) is 10.5 Å². The second kappa shape index (κ2) is 4.97. The van der Waals surface area contributed by atoms with Gasteiger partial charge in [0.05, 0.1) is 24.7 Å². The van der Waals surface area contributed by atoms with E-state index in [9.17, 15) is 0 Å². The number of nitrogens with zero attached hydrogens (tertiary/aromatic N) is 2. The van der Waals surface area contributed by atoms with E-state index in [2.05, 4.69) is 23.4 Å². The minimum Gasteiger partial charge on any atom is -0.379 e. The minimum atomic E-state index is 0.0862. The smallest absolute Gasteiger partial charge is 0.0952 e. The molecule has 0 bridgehead atoms. The van der Waals surface area contributed by atoms with Gasteiger partial charge in [0.2, 0.25) is 0 Å². The van der Waals surface area contributed by atoms with Crippen LogP contribution in [-0.4, -0.2) is 22.8 Å². The van der Waals surface area contributed by atoms with E-state index in [1.54, 1.807) is 0 Å². The summed E-state index contributed by atoms with van der Waals surface area (Å²) in [5.41, 5.74) is 7.35. The maximum atomic E-state index is 6.21. The number of aromatic nitrogens is 2. The minimum absolute atomic E-state index is 0.0862. The van der Waals surface area contributed by atoms with Crippen molar-refractivity contribution in [2.45, 2.75) is 38.8 Å². The number of hydrogen-bond acceptors (Lipinski definition) is 3. The van der Waals surface area contributed by atoms with E-state index >= 15 is 0 Å². The van der Waals surface area contributed by atoms with Gasteiger partial charge in [-0.25, -0.2) is 4.98 Å². The molecule has 2 unspecified atom stereocenters. The Kier molecular flexibility index (Phi) is 3.61. The van der Waals surface area contributed by atoms with E-state index in [0.29, 0.717) is 12.0 Å². The van der Waals surface area contributed by atoms with E-state index in [1.165, 1.54) is 0 Å². The lowest BCUT2D eigenvalue weighted by atomic mass is 10.0. The first-order chi connectivity index (χ1) is 7.68. The molecule has 0 amide bonds. The Morgan fingerprint density at radius 1 is 1.62 bits per heavy atom. The molecule has 1 saturated heterocycles. The van der Waals surface area contributed by atoms with E-state index < -0.39 is 0 Å². The van der Waals surface area contributed by atoms with Crippen LogP contribution < -0.4 is 5.73 Å². The van der Waals surface area contributed by atoms with Crippen LogP contribution in [0.25, 0.3) is 0 Å². The van der Waals surface area contributed by atoms with Crippen molar-refractivity contribution in [3.8, 4) is 0 Å². The van der Waals surface area contributed by atoms with Crippen LogP contribution >= 0.6 is 0 Å². The van der Waals surface area contributed by atoms with Gasteiger partial charge >= 0.3 is 0 Å². The fourth-order valence-corrected chi connectivity index (χ4v) is 2.28. The second-order valence-corrected chi connectivity index (χ2v) is 4.98. The summed E-state index contributed by atoms with van der Waals surface area (Å²) in [6, 6.07) is 0.513. The highest BCUT2D eigenvalue weighted by Gasteiger charge is 2.22. The van der Waals surface area contributed by atoms with E-state index in [0.717, 1.165) is 31.7 Å². The molecule has 1 aromatic heterocycles. The summed E-state index contributed by atoms with van der Waals surface area (Å²) >= 11 is 0. The first-order valence-corrected chi connectivity index (χ1v) is 6.03. The molecule has 0 aromatic carbocycles. The Balaban J connectivity index is 2.11. The third-order valence-corrected chi connectivity index (χ3v) is 3.10. The molecule has 1 aliphatic heterocycles. The zero-order chi connectivity index (χ0) is 11.5. The standard InChI is InChI=1S/C12H21N3O/c1-9(2)5-11(13)12-6-14-8-15(12)10-3-4-16-7-10/h6,8-11H,3-5,7,13H2,1-2H3. The normalized spacial score (nSPS) is 22.9. The van der Waals surface area contributed by atoms with Gasteiger partial charge < -0.3 is 15.0 Å². The Labute approximate surface area is 96.8 Å². The third kappa shape index (κ3) is 2.44. The van der Waals surface area contributed by atoms with Gasteiger partial charge in [-0.15, -0.1) is 0 Å². The van der Waals surface area contributed by atoms with Gasteiger partial charge in [0, 0.05) is 18.8 Å². The number of ether oxygens (including phenoxy) is 1. The van der Waals surface area contributed by atoms with Crippen LogP contribution in [0, 0.1) is 5.92 Å². The predicted molar refractivity (Wildman–Crippen MR) is 63.1 cm³/mol. The zero-order valence-corrected chi connectivity index (χ0v) is 10.1. The summed E-state index contributed by atoms with van der Waals surface area (Å²) in [5.74, 6) is 0.609. The lowest BCUT2D eigenvalue weighted by Gasteiger charge is -2.19. The lowest BCUT2D eigenvalue weighted by Crippen LogP contribution is -2.20. The monoisotopic (exact) mass is 223 g/mol. The van der Waals surface area contributed by atoms with Gasteiger partial charge in [0.25, 0.3) is 0 Å². The molecule has 2 heterocycles. The van der Waals surface area contributed by atoms with Crippen molar-refractivity contribution in [1.82, 2.24) is 9.55 Å². The van der Waals surface area contributed by atoms with E-state index in [1.807, 2.05) is 12.5 Å². The molecule has 16 heavy (non-hydrogen) atoms. The van der Waals surface area contributed by atoms with Crippen LogP contribution in [0.3, 0.4) is 0 Å². The average Bonchev–Trinajstić information content (AvgIpc) is 2.87. The molecule has 2 N–H and O–H groups in total. The molecule has 0 saturated carbocycles. The topological polar surface area (TPSA) is 53.1 Å². The Morgan fingerprint density at radius 3 is 3.06 bits per heavy atom. The largest absolute Gasteiger partial charge is 0.379 e. The number of rotatable bonds is 4. The fourth-order valence-electron chi connectivity index (χ4n) is 2.28.